The van der Waals surface area contributed by atoms with Gasteiger partial charge in [0.25, 0.3) is 5.91 Å². The van der Waals surface area contributed by atoms with Gasteiger partial charge in [0.2, 0.25) is 0 Å². The molecule has 3 rings (SSSR count). The molecule has 1 unspecified atom stereocenters. The Labute approximate surface area is 132 Å². The summed E-state index contributed by atoms with van der Waals surface area (Å²) in [6, 6.07) is 8.21. The number of rotatable bonds is 5. The summed E-state index contributed by atoms with van der Waals surface area (Å²) >= 11 is 0. The van der Waals surface area contributed by atoms with Crippen LogP contribution in [0, 0.1) is 6.92 Å². The molecular weight excluding hydrogens is 296 g/mol. The summed E-state index contributed by atoms with van der Waals surface area (Å²) in [6.45, 7) is 1.60. The molecule has 0 aliphatic rings. The molecule has 2 N–H and O–H groups in total. The largest absolute Gasteiger partial charge is 0.467 e. The third-order valence-electron chi connectivity index (χ3n) is 3.51. The normalized spacial score (nSPS) is 12.1. The first kappa shape index (κ1) is 15.0. The molecule has 118 valence electrons. The van der Waals surface area contributed by atoms with Crippen molar-refractivity contribution in [2.45, 2.75) is 13.0 Å². The Kier molecular flexibility index (Phi) is 4.20. The van der Waals surface area contributed by atoms with Gasteiger partial charge in [-0.25, -0.2) is 9.67 Å². The third-order valence-corrected chi connectivity index (χ3v) is 3.51. The average molecular weight is 312 g/mol. The fourth-order valence-electron chi connectivity index (χ4n) is 2.32. The van der Waals surface area contributed by atoms with E-state index in [0.29, 0.717) is 11.3 Å². The number of furan rings is 1. The number of hydrogen-bond donors (Lipinski definition) is 2. The summed E-state index contributed by atoms with van der Waals surface area (Å²) in [7, 11) is 0. The van der Waals surface area contributed by atoms with E-state index in [1.54, 1.807) is 35.3 Å². The number of aliphatic hydroxyl groups excluding tert-OH is 1. The highest BCUT2D eigenvalue weighted by Gasteiger charge is 2.18. The molecule has 0 radical (unpaired) electrons. The van der Waals surface area contributed by atoms with E-state index in [1.165, 1.54) is 12.6 Å². The summed E-state index contributed by atoms with van der Waals surface area (Å²) in [5, 5.41) is 16.3. The van der Waals surface area contributed by atoms with Gasteiger partial charge in [0, 0.05) is 5.56 Å². The number of aryl methyl sites for hydroxylation is 1. The first-order valence-corrected chi connectivity index (χ1v) is 7.10. The molecule has 0 fully saturated rings. The molecule has 1 amide bonds. The van der Waals surface area contributed by atoms with E-state index in [9.17, 15) is 9.90 Å². The van der Waals surface area contributed by atoms with E-state index in [0.717, 1.165) is 11.3 Å². The van der Waals surface area contributed by atoms with Crippen LogP contribution >= 0.6 is 0 Å². The first-order chi connectivity index (χ1) is 11.2. The molecule has 0 aliphatic carbocycles. The Balaban J connectivity index is 1.79. The SMILES string of the molecule is Cc1cc(-n2cncn2)ccc1C(=O)NC(CO)c1ccco1. The van der Waals surface area contributed by atoms with Crippen LogP contribution in [0.15, 0.2) is 53.7 Å². The molecule has 2 heterocycles. The zero-order valence-electron chi connectivity index (χ0n) is 12.5. The first-order valence-electron chi connectivity index (χ1n) is 7.10. The van der Waals surface area contributed by atoms with Crippen molar-refractivity contribution in [2.24, 2.45) is 0 Å². The molecule has 1 atom stereocenters. The molecule has 2 aromatic heterocycles. The van der Waals surface area contributed by atoms with Crippen LogP contribution in [0.25, 0.3) is 5.69 Å². The van der Waals surface area contributed by atoms with Crippen molar-refractivity contribution in [3.05, 3.63) is 66.1 Å². The van der Waals surface area contributed by atoms with Crippen molar-refractivity contribution in [1.29, 1.82) is 0 Å². The van der Waals surface area contributed by atoms with Crippen LogP contribution in [0.5, 0.6) is 0 Å². The van der Waals surface area contributed by atoms with Gasteiger partial charge in [0.05, 0.1) is 18.6 Å². The fraction of sp³-hybridized carbons (Fsp3) is 0.188. The zero-order chi connectivity index (χ0) is 16.2. The van der Waals surface area contributed by atoms with Gasteiger partial charge >= 0.3 is 0 Å². The van der Waals surface area contributed by atoms with E-state index in [-0.39, 0.29) is 12.5 Å². The van der Waals surface area contributed by atoms with Crippen LogP contribution in [-0.2, 0) is 0 Å². The van der Waals surface area contributed by atoms with Crippen LogP contribution < -0.4 is 5.32 Å². The van der Waals surface area contributed by atoms with Gasteiger partial charge in [-0.05, 0) is 42.8 Å². The summed E-state index contributed by atoms with van der Waals surface area (Å²) in [5.74, 6) is 0.237. The van der Waals surface area contributed by atoms with E-state index < -0.39 is 6.04 Å². The highest BCUT2D eigenvalue weighted by atomic mass is 16.3. The predicted molar refractivity (Wildman–Crippen MR) is 82.1 cm³/mol. The standard InChI is InChI=1S/C16H16N4O3/c1-11-7-12(20-10-17-9-18-20)4-5-13(11)16(22)19-14(8-21)15-3-2-6-23-15/h2-7,9-10,14,21H,8H2,1H3,(H,19,22). The lowest BCUT2D eigenvalue weighted by Gasteiger charge is -2.15. The number of hydrogen-bond acceptors (Lipinski definition) is 5. The number of aromatic nitrogens is 3. The van der Waals surface area contributed by atoms with Crippen molar-refractivity contribution in [3.8, 4) is 5.69 Å². The predicted octanol–water partition coefficient (Wildman–Crippen LogP) is 1.63. The Morgan fingerprint density at radius 1 is 1.43 bits per heavy atom. The average Bonchev–Trinajstić information content (AvgIpc) is 3.25. The minimum Gasteiger partial charge on any atom is -0.467 e. The second-order valence-corrected chi connectivity index (χ2v) is 5.06. The van der Waals surface area contributed by atoms with Gasteiger partial charge in [-0.15, -0.1) is 0 Å². The van der Waals surface area contributed by atoms with Crippen molar-refractivity contribution in [2.75, 3.05) is 6.61 Å². The van der Waals surface area contributed by atoms with Crippen molar-refractivity contribution >= 4 is 5.91 Å². The minimum atomic E-state index is -0.577. The fourth-order valence-corrected chi connectivity index (χ4v) is 2.32. The van der Waals surface area contributed by atoms with Crippen molar-refractivity contribution in [3.63, 3.8) is 0 Å². The number of nitrogens with one attached hydrogen (secondary N) is 1. The van der Waals surface area contributed by atoms with Crippen LogP contribution in [0.3, 0.4) is 0 Å². The van der Waals surface area contributed by atoms with E-state index in [4.69, 9.17) is 4.42 Å². The second-order valence-electron chi connectivity index (χ2n) is 5.06. The van der Waals surface area contributed by atoms with E-state index in [2.05, 4.69) is 15.4 Å². The maximum absolute atomic E-state index is 12.4. The molecule has 0 bridgehead atoms. The van der Waals surface area contributed by atoms with E-state index >= 15 is 0 Å². The lowest BCUT2D eigenvalue weighted by atomic mass is 10.1. The maximum atomic E-state index is 12.4. The van der Waals surface area contributed by atoms with E-state index in [1.807, 2.05) is 13.0 Å². The monoisotopic (exact) mass is 312 g/mol. The number of carbonyl (C=O) groups excluding carboxylic acids is 1. The Morgan fingerprint density at radius 3 is 2.91 bits per heavy atom. The van der Waals surface area contributed by atoms with Crippen LogP contribution in [0.2, 0.25) is 0 Å². The van der Waals surface area contributed by atoms with Gasteiger partial charge in [0.1, 0.15) is 24.5 Å². The summed E-state index contributed by atoms with van der Waals surface area (Å²) in [6.07, 6.45) is 4.54. The molecule has 7 heteroatoms. The third kappa shape index (κ3) is 3.14. The highest BCUT2D eigenvalue weighted by molar-refractivity contribution is 5.96. The van der Waals surface area contributed by atoms with Gasteiger partial charge in [0.15, 0.2) is 0 Å². The molecule has 0 saturated carbocycles. The number of carbonyl (C=O) groups is 1. The van der Waals surface area contributed by atoms with Gasteiger partial charge in [-0.2, -0.15) is 5.10 Å². The molecule has 0 saturated heterocycles. The van der Waals surface area contributed by atoms with Gasteiger partial charge in [-0.1, -0.05) is 0 Å². The lowest BCUT2D eigenvalue weighted by molar-refractivity contribution is 0.0906. The molecule has 1 aromatic carbocycles. The number of nitrogens with zero attached hydrogens (tertiary/aromatic N) is 3. The number of amides is 1. The van der Waals surface area contributed by atoms with Crippen molar-refractivity contribution < 1.29 is 14.3 Å². The van der Waals surface area contributed by atoms with Gasteiger partial charge in [-0.3, -0.25) is 4.79 Å². The topological polar surface area (TPSA) is 93.2 Å². The second kappa shape index (κ2) is 6.45. The van der Waals surface area contributed by atoms with Crippen LogP contribution in [0.1, 0.15) is 27.7 Å². The molecule has 23 heavy (non-hydrogen) atoms. The summed E-state index contributed by atoms with van der Waals surface area (Å²) < 4.78 is 6.85. The zero-order valence-corrected chi connectivity index (χ0v) is 12.5. The summed E-state index contributed by atoms with van der Waals surface area (Å²) in [5.41, 5.74) is 2.15. The Hall–Kier alpha value is -2.93. The maximum Gasteiger partial charge on any atom is 0.252 e. The van der Waals surface area contributed by atoms with Gasteiger partial charge < -0.3 is 14.8 Å². The Morgan fingerprint density at radius 2 is 2.30 bits per heavy atom. The highest BCUT2D eigenvalue weighted by Crippen LogP contribution is 2.17. The van der Waals surface area contributed by atoms with Crippen LogP contribution in [0.4, 0.5) is 0 Å². The molecule has 0 spiro atoms. The molecule has 7 nitrogen and oxygen atoms in total. The lowest BCUT2D eigenvalue weighted by Crippen LogP contribution is -2.31. The van der Waals surface area contributed by atoms with Crippen LogP contribution in [-0.4, -0.2) is 32.4 Å². The Bertz CT molecular complexity index is 782. The summed E-state index contributed by atoms with van der Waals surface area (Å²) in [4.78, 5) is 16.3. The minimum absolute atomic E-state index is 0.241. The molecule has 3 aromatic rings. The molecule has 0 aliphatic heterocycles. The number of benzene rings is 1. The van der Waals surface area contributed by atoms with Crippen molar-refractivity contribution in [1.82, 2.24) is 20.1 Å². The number of aliphatic hydroxyl groups is 1. The molecular formula is C16H16N4O3. The quantitative estimate of drug-likeness (QED) is 0.747. The smallest absolute Gasteiger partial charge is 0.252 e.